The molecule has 0 unspecified atom stereocenters. The number of hydrogen-bond acceptors (Lipinski definition) is 10. The molecule has 0 atom stereocenters. The van der Waals surface area contributed by atoms with E-state index in [4.69, 9.17) is 0 Å². The summed E-state index contributed by atoms with van der Waals surface area (Å²) < 4.78 is 1.26. The normalized spacial score (nSPS) is 10.4. The molecule has 0 aliphatic carbocycles. The van der Waals surface area contributed by atoms with E-state index in [9.17, 15) is 40.5 Å². The zero-order chi connectivity index (χ0) is 18.9. The minimum absolute atomic E-state index is 0.509. The molecule has 0 radical (unpaired) electrons. The highest BCUT2D eigenvalue weighted by molar-refractivity contribution is 5.51. The highest BCUT2D eigenvalue weighted by Crippen LogP contribution is 2.29. The Morgan fingerprint density at radius 2 is 1.64 bits per heavy atom. The van der Waals surface area contributed by atoms with Gasteiger partial charge in [0.05, 0.1) is 22.0 Å². The van der Waals surface area contributed by atoms with Crippen molar-refractivity contribution in [2.75, 3.05) is 7.05 Å². The van der Waals surface area contributed by atoms with Gasteiger partial charge in [-0.2, -0.15) is 5.10 Å². The maximum absolute atomic E-state index is 11.1. The van der Waals surface area contributed by atoms with Gasteiger partial charge in [0.1, 0.15) is 12.4 Å². The summed E-state index contributed by atoms with van der Waals surface area (Å²) in [5.74, 6) is -1.66. The van der Waals surface area contributed by atoms with E-state index >= 15 is 0 Å². The summed E-state index contributed by atoms with van der Waals surface area (Å²) in [7, 11) is 1.05. The van der Waals surface area contributed by atoms with Crippen molar-refractivity contribution in [3.8, 4) is 5.82 Å². The second-order valence-corrected chi connectivity index (χ2v) is 4.44. The van der Waals surface area contributed by atoms with Gasteiger partial charge >= 0.3 is 17.2 Å². The van der Waals surface area contributed by atoms with E-state index in [1.165, 1.54) is 0 Å². The van der Waals surface area contributed by atoms with Crippen molar-refractivity contribution >= 4 is 17.2 Å². The molecule has 2 rings (SSSR count). The van der Waals surface area contributed by atoms with E-state index in [2.05, 4.69) is 10.2 Å². The van der Waals surface area contributed by atoms with Crippen molar-refractivity contribution in [2.24, 2.45) is 0 Å². The molecule has 0 aromatic carbocycles. The second-order valence-electron chi connectivity index (χ2n) is 4.44. The first kappa shape index (κ1) is 17.2. The fourth-order valence-corrected chi connectivity index (χ4v) is 1.81. The van der Waals surface area contributed by atoms with E-state index in [1.54, 1.807) is 0 Å². The largest absolute Gasteiger partial charge is 0.468 e. The molecule has 0 bridgehead atoms. The van der Waals surface area contributed by atoms with Crippen LogP contribution in [0.2, 0.25) is 0 Å². The van der Waals surface area contributed by atoms with E-state index in [0.717, 1.165) is 17.9 Å². The number of hydrazine groups is 1. The minimum atomic E-state index is -1.14. The molecule has 0 saturated heterocycles. The van der Waals surface area contributed by atoms with Gasteiger partial charge in [0, 0.05) is 0 Å². The Morgan fingerprint density at radius 3 is 2.08 bits per heavy atom. The maximum Gasteiger partial charge on any atom is 0.468 e. The van der Waals surface area contributed by atoms with Crippen LogP contribution in [0.4, 0.5) is 17.2 Å². The van der Waals surface area contributed by atoms with Crippen LogP contribution in [0.25, 0.3) is 5.82 Å². The Labute approximate surface area is 135 Å². The third-order valence-corrected chi connectivity index (χ3v) is 2.87. The molecule has 17 nitrogen and oxygen atoms in total. The predicted molar refractivity (Wildman–Crippen MR) is 74.1 cm³/mol. The summed E-state index contributed by atoms with van der Waals surface area (Å²) in [6.07, 6.45) is 1.33. The molecule has 17 heteroatoms. The number of nitrogens with zero attached hydrogens (tertiary/aromatic N) is 9. The third kappa shape index (κ3) is 3.13. The molecule has 0 fully saturated rings. The summed E-state index contributed by atoms with van der Waals surface area (Å²) in [5, 5.41) is 50.1. The quantitative estimate of drug-likeness (QED) is 0.470. The topological polar surface area (TPSA) is 211 Å². The third-order valence-electron chi connectivity index (χ3n) is 2.87. The van der Waals surface area contributed by atoms with Crippen molar-refractivity contribution in [3.05, 3.63) is 52.9 Å². The maximum atomic E-state index is 11.1. The predicted octanol–water partition coefficient (Wildman–Crippen LogP) is -0.126. The van der Waals surface area contributed by atoms with Gasteiger partial charge in [-0.15, -0.1) is 9.69 Å². The summed E-state index contributed by atoms with van der Waals surface area (Å²) in [4.78, 5) is 40.4. The van der Waals surface area contributed by atoms with Crippen molar-refractivity contribution in [1.82, 2.24) is 24.6 Å². The van der Waals surface area contributed by atoms with Crippen molar-refractivity contribution < 1.29 is 19.8 Å². The lowest BCUT2D eigenvalue weighted by atomic mass is 10.5. The Kier molecular flexibility index (Phi) is 4.22. The summed E-state index contributed by atoms with van der Waals surface area (Å²) in [6.45, 7) is -0.586. The Hall–Kier alpha value is -4.18. The van der Waals surface area contributed by atoms with Gasteiger partial charge in [0.15, 0.2) is 11.7 Å². The molecular formula is C8H7N9O8. The average Bonchev–Trinajstić information content (AvgIpc) is 3.10. The smallest absolute Gasteiger partial charge is 0.358 e. The van der Waals surface area contributed by atoms with Crippen LogP contribution in [0, 0.1) is 40.5 Å². The zero-order valence-corrected chi connectivity index (χ0v) is 12.2. The molecule has 0 aliphatic rings. The molecule has 0 aliphatic heterocycles. The summed E-state index contributed by atoms with van der Waals surface area (Å²) in [5.41, 5.74) is -1.71. The van der Waals surface area contributed by atoms with Crippen LogP contribution >= 0.6 is 0 Å². The molecule has 132 valence electrons. The van der Waals surface area contributed by atoms with Crippen LogP contribution in [0.1, 0.15) is 0 Å². The monoisotopic (exact) mass is 357 g/mol. The number of hydrogen-bond donors (Lipinski definition) is 0. The summed E-state index contributed by atoms with van der Waals surface area (Å²) >= 11 is 0. The Balaban J connectivity index is 2.64. The molecule has 2 aromatic heterocycles. The molecule has 0 spiro atoms. The molecular weight excluding hydrogens is 350 g/mol. The van der Waals surface area contributed by atoms with Gasteiger partial charge in [0.25, 0.3) is 5.82 Å². The van der Waals surface area contributed by atoms with Gasteiger partial charge in [0.2, 0.25) is 0 Å². The van der Waals surface area contributed by atoms with Gasteiger partial charge in [-0.3, -0.25) is 20.2 Å². The number of aromatic nitrogens is 4. The number of rotatable bonds is 7. The fourth-order valence-electron chi connectivity index (χ4n) is 1.81. The first-order valence-corrected chi connectivity index (χ1v) is 6.08. The summed E-state index contributed by atoms with van der Waals surface area (Å²) in [6, 6.07) is 0. The lowest BCUT2D eigenvalue weighted by Gasteiger charge is -2.09. The van der Waals surface area contributed by atoms with Gasteiger partial charge in [-0.05, 0) is 4.92 Å². The average molecular weight is 357 g/mol. The zero-order valence-electron chi connectivity index (χ0n) is 12.2. The fraction of sp³-hybridized carbons (Fsp3) is 0.250. The molecule has 2 aromatic rings. The van der Waals surface area contributed by atoms with Crippen LogP contribution < -0.4 is 0 Å². The molecule has 0 N–H and O–H groups in total. The highest BCUT2D eigenvalue weighted by Gasteiger charge is 2.35. The molecule has 25 heavy (non-hydrogen) atoms. The first-order valence-electron chi connectivity index (χ1n) is 6.08. The molecule has 2 heterocycles. The second kappa shape index (κ2) is 6.14. The van der Waals surface area contributed by atoms with Crippen LogP contribution in [0.15, 0.2) is 12.4 Å². The minimum Gasteiger partial charge on any atom is -0.358 e. The van der Waals surface area contributed by atoms with Gasteiger partial charge in [-0.25, -0.2) is 14.8 Å². The lowest BCUT2D eigenvalue weighted by Crippen LogP contribution is -2.29. The van der Waals surface area contributed by atoms with Crippen LogP contribution in [-0.4, -0.2) is 51.4 Å². The van der Waals surface area contributed by atoms with E-state index in [1.807, 2.05) is 0 Å². The SMILES string of the molecule is CN(Cn1ncc([N+](=O)[O-])c1-n1cc([N+](=O)[O-])c([N+](=O)[O-])n1)[N+](=O)[O-]. The van der Waals surface area contributed by atoms with E-state index in [-0.39, 0.29) is 0 Å². The van der Waals surface area contributed by atoms with Gasteiger partial charge in [-0.1, -0.05) is 0 Å². The molecule has 0 amide bonds. The number of nitro groups is 4. The van der Waals surface area contributed by atoms with Crippen molar-refractivity contribution in [2.45, 2.75) is 6.67 Å². The van der Waals surface area contributed by atoms with Crippen LogP contribution in [0.3, 0.4) is 0 Å². The van der Waals surface area contributed by atoms with Gasteiger partial charge < -0.3 is 10.1 Å². The van der Waals surface area contributed by atoms with Crippen molar-refractivity contribution in [1.29, 1.82) is 0 Å². The van der Waals surface area contributed by atoms with E-state index < -0.39 is 49.5 Å². The first-order chi connectivity index (χ1) is 11.6. The van der Waals surface area contributed by atoms with Crippen molar-refractivity contribution in [3.63, 3.8) is 0 Å². The Bertz CT molecular complexity index is 853. The molecule has 0 saturated carbocycles. The van der Waals surface area contributed by atoms with Crippen LogP contribution in [0.5, 0.6) is 0 Å². The standard InChI is InChI=1S/C8H7N9O8/c1-11(17(24)25)4-13-8(5(2-9-13)14(18)19)12-3-6(15(20)21)7(10-12)16(22)23/h2-3H,4H2,1H3. The Morgan fingerprint density at radius 1 is 1.04 bits per heavy atom. The highest BCUT2D eigenvalue weighted by atomic mass is 16.7. The van der Waals surface area contributed by atoms with E-state index in [0.29, 0.717) is 15.9 Å². The lowest BCUT2D eigenvalue weighted by molar-refractivity contribution is -0.656. The van der Waals surface area contributed by atoms with Crippen LogP contribution in [-0.2, 0) is 6.67 Å².